The Bertz CT molecular complexity index is 962. The van der Waals surface area contributed by atoms with Gasteiger partial charge in [-0.2, -0.15) is 5.10 Å². The molecule has 0 atom stereocenters. The number of benzene rings is 2. The van der Waals surface area contributed by atoms with E-state index in [0.717, 1.165) is 22.4 Å². The Balaban J connectivity index is 1.77. The number of aliphatic hydroxyl groups excluding tert-OH is 1. The first kappa shape index (κ1) is 15.2. The second-order valence-corrected chi connectivity index (χ2v) is 5.61. The molecule has 25 heavy (non-hydrogen) atoms. The van der Waals surface area contributed by atoms with Gasteiger partial charge in [0.2, 0.25) is 0 Å². The van der Waals surface area contributed by atoms with Crippen LogP contribution in [0.2, 0.25) is 0 Å². The van der Waals surface area contributed by atoms with Crippen LogP contribution in [0.5, 0.6) is 0 Å². The molecule has 0 saturated carbocycles. The number of aromatic nitrogens is 6. The van der Waals surface area contributed by atoms with Crippen LogP contribution < -0.4 is 0 Å². The van der Waals surface area contributed by atoms with E-state index in [1.54, 1.807) is 17.3 Å². The molecule has 7 nitrogen and oxygen atoms in total. The minimum Gasteiger partial charge on any atom is -0.392 e. The summed E-state index contributed by atoms with van der Waals surface area (Å²) in [6.07, 6.45) is 4.82. The van der Waals surface area contributed by atoms with E-state index in [2.05, 4.69) is 32.4 Å². The van der Waals surface area contributed by atoms with E-state index < -0.39 is 0 Å². The van der Waals surface area contributed by atoms with Gasteiger partial charge in [-0.15, -0.1) is 10.2 Å². The van der Waals surface area contributed by atoms with Crippen LogP contribution in [0.15, 0.2) is 67.5 Å². The van der Waals surface area contributed by atoms with Gasteiger partial charge in [0.25, 0.3) is 0 Å². The highest BCUT2D eigenvalue weighted by Gasteiger charge is 2.14. The zero-order chi connectivity index (χ0) is 17.1. The molecule has 0 aliphatic carbocycles. The van der Waals surface area contributed by atoms with Gasteiger partial charge in [0.05, 0.1) is 18.8 Å². The van der Waals surface area contributed by atoms with Crippen molar-refractivity contribution in [3.05, 3.63) is 78.6 Å². The Morgan fingerprint density at radius 2 is 1.88 bits per heavy atom. The number of aliphatic hydroxyl groups is 1. The first-order valence-corrected chi connectivity index (χ1v) is 7.86. The summed E-state index contributed by atoms with van der Waals surface area (Å²) >= 11 is 0. The van der Waals surface area contributed by atoms with Crippen LogP contribution in [-0.2, 0) is 13.2 Å². The van der Waals surface area contributed by atoms with Gasteiger partial charge in [-0.1, -0.05) is 36.4 Å². The van der Waals surface area contributed by atoms with Gasteiger partial charge in [-0.25, -0.2) is 9.67 Å². The third-order valence-corrected chi connectivity index (χ3v) is 4.00. The molecule has 0 aliphatic heterocycles. The molecule has 2 aromatic carbocycles. The monoisotopic (exact) mass is 332 g/mol. The number of nitrogens with zero attached hydrogens (tertiary/aromatic N) is 6. The minimum absolute atomic E-state index is 0.0782. The summed E-state index contributed by atoms with van der Waals surface area (Å²) in [5.41, 5.74) is 3.61. The fourth-order valence-corrected chi connectivity index (χ4v) is 2.75. The highest BCUT2D eigenvalue weighted by Crippen LogP contribution is 2.25. The average molecular weight is 332 g/mol. The maximum atomic E-state index is 9.73. The fourth-order valence-electron chi connectivity index (χ4n) is 2.75. The first-order chi connectivity index (χ1) is 12.3. The third kappa shape index (κ3) is 3.05. The molecule has 0 amide bonds. The lowest BCUT2D eigenvalue weighted by Gasteiger charge is -2.12. The molecule has 2 aromatic heterocycles. The molecule has 4 rings (SSSR count). The van der Waals surface area contributed by atoms with E-state index in [9.17, 15) is 5.11 Å². The molecule has 0 aliphatic rings. The lowest BCUT2D eigenvalue weighted by molar-refractivity contribution is 0.282. The first-order valence-electron chi connectivity index (χ1n) is 7.86. The van der Waals surface area contributed by atoms with Crippen LogP contribution in [0.1, 0.15) is 11.1 Å². The van der Waals surface area contributed by atoms with Crippen molar-refractivity contribution in [2.75, 3.05) is 0 Å². The van der Waals surface area contributed by atoms with Crippen molar-refractivity contribution in [2.45, 2.75) is 13.2 Å². The van der Waals surface area contributed by atoms with Crippen LogP contribution >= 0.6 is 0 Å². The van der Waals surface area contributed by atoms with Gasteiger partial charge >= 0.3 is 0 Å². The quantitative estimate of drug-likeness (QED) is 0.605. The van der Waals surface area contributed by atoms with E-state index in [1.165, 1.54) is 6.33 Å². The Kier molecular flexibility index (Phi) is 4.05. The standard InChI is InChI=1S/C18H16N6O/c25-10-15-6-7-16(24-12-19-11-21-24)8-17(15)18-22-20-13-23(18)9-14-4-2-1-3-5-14/h1-8,11-13,25H,9-10H2. The lowest BCUT2D eigenvalue weighted by atomic mass is 10.1. The second kappa shape index (κ2) is 6.66. The predicted molar refractivity (Wildman–Crippen MR) is 91.8 cm³/mol. The van der Waals surface area contributed by atoms with Crippen LogP contribution in [0.4, 0.5) is 0 Å². The van der Waals surface area contributed by atoms with Crippen LogP contribution in [-0.4, -0.2) is 34.6 Å². The van der Waals surface area contributed by atoms with Gasteiger partial charge < -0.3 is 9.67 Å². The number of rotatable bonds is 5. The van der Waals surface area contributed by atoms with Crippen molar-refractivity contribution in [3.8, 4) is 17.1 Å². The SMILES string of the molecule is OCc1ccc(-n2cncn2)cc1-c1nncn1Cc1ccccc1. The van der Waals surface area contributed by atoms with Gasteiger partial charge in [0.1, 0.15) is 19.0 Å². The molecule has 4 aromatic rings. The summed E-state index contributed by atoms with van der Waals surface area (Å²) in [5.74, 6) is 0.704. The summed E-state index contributed by atoms with van der Waals surface area (Å²) in [4.78, 5) is 3.98. The Labute approximate surface area is 144 Å². The summed E-state index contributed by atoms with van der Waals surface area (Å²) in [7, 11) is 0. The van der Waals surface area contributed by atoms with Crippen LogP contribution in [0.25, 0.3) is 17.1 Å². The van der Waals surface area contributed by atoms with Crippen LogP contribution in [0.3, 0.4) is 0 Å². The molecule has 2 heterocycles. The molecule has 0 saturated heterocycles. The smallest absolute Gasteiger partial charge is 0.164 e. The van der Waals surface area contributed by atoms with E-state index >= 15 is 0 Å². The highest BCUT2D eigenvalue weighted by molar-refractivity contribution is 5.64. The molecular weight excluding hydrogens is 316 g/mol. The largest absolute Gasteiger partial charge is 0.392 e. The van der Waals surface area contributed by atoms with Crippen molar-refractivity contribution < 1.29 is 5.11 Å². The minimum atomic E-state index is -0.0782. The van der Waals surface area contributed by atoms with E-state index in [4.69, 9.17) is 0 Å². The van der Waals surface area contributed by atoms with Crippen molar-refractivity contribution in [1.82, 2.24) is 29.5 Å². The molecule has 0 bridgehead atoms. The molecule has 0 fully saturated rings. The zero-order valence-electron chi connectivity index (χ0n) is 13.4. The van der Waals surface area contributed by atoms with E-state index in [-0.39, 0.29) is 6.61 Å². The summed E-state index contributed by atoms with van der Waals surface area (Å²) < 4.78 is 3.64. The molecule has 0 unspecified atom stereocenters. The maximum Gasteiger partial charge on any atom is 0.164 e. The molecule has 124 valence electrons. The highest BCUT2D eigenvalue weighted by atomic mass is 16.3. The van der Waals surface area contributed by atoms with Gasteiger partial charge in [-0.3, -0.25) is 0 Å². The molecule has 1 N–H and O–H groups in total. The number of hydrogen-bond acceptors (Lipinski definition) is 5. The maximum absolute atomic E-state index is 9.73. The van der Waals surface area contributed by atoms with E-state index in [1.807, 2.05) is 41.0 Å². The topological polar surface area (TPSA) is 81.7 Å². The Hall–Kier alpha value is -3.32. The predicted octanol–water partition coefficient (Wildman–Crippen LogP) is 2.07. The van der Waals surface area contributed by atoms with Gasteiger partial charge in [0.15, 0.2) is 5.82 Å². The lowest BCUT2D eigenvalue weighted by Crippen LogP contribution is -2.04. The number of hydrogen-bond donors (Lipinski definition) is 1. The van der Waals surface area contributed by atoms with E-state index in [0.29, 0.717) is 12.4 Å². The molecule has 7 heteroatoms. The van der Waals surface area contributed by atoms with Gasteiger partial charge in [-0.05, 0) is 23.3 Å². The van der Waals surface area contributed by atoms with Crippen molar-refractivity contribution >= 4 is 0 Å². The summed E-state index contributed by atoms with van der Waals surface area (Å²) in [6.45, 7) is 0.576. The molecule has 0 spiro atoms. The Morgan fingerprint density at radius 1 is 1.00 bits per heavy atom. The molecular formula is C18H16N6O. The van der Waals surface area contributed by atoms with Crippen molar-refractivity contribution in [3.63, 3.8) is 0 Å². The second-order valence-electron chi connectivity index (χ2n) is 5.61. The third-order valence-electron chi connectivity index (χ3n) is 4.00. The molecule has 0 radical (unpaired) electrons. The Morgan fingerprint density at radius 3 is 2.64 bits per heavy atom. The van der Waals surface area contributed by atoms with Crippen molar-refractivity contribution in [2.24, 2.45) is 0 Å². The normalized spacial score (nSPS) is 10.9. The van der Waals surface area contributed by atoms with Gasteiger partial charge in [0, 0.05) is 5.56 Å². The zero-order valence-corrected chi connectivity index (χ0v) is 13.4. The average Bonchev–Trinajstić information content (AvgIpc) is 3.34. The summed E-state index contributed by atoms with van der Waals surface area (Å²) in [6, 6.07) is 15.8. The summed E-state index contributed by atoms with van der Waals surface area (Å²) in [5, 5.41) is 22.2. The van der Waals surface area contributed by atoms with Crippen LogP contribution in [0, 0.1) is 0 Å². The van der Waals surface area contributed by atoms with Crippen molar-refractivity contribution in [1.29, 1.82) is 0 Å². The fraction of sp³-hybridized carbons (Fsp3) is 0.111.